The van der Waals surface area contributed by atoms with Gasteiger partial charge in [-0.1, -0.05) is 61.5 Å². The highest BCUT2D eigenvalue weighted by molar-refractivity contribution is 6.23. The van der Waals surface area contributed by atoms with E-state index in [-0.39, 0.29) is 29.1 Å². The lowest BCUT2D eigenvalue weighted by Gasteiger charge is -2.54. The number of non-ortho nitro benzene ring substituents is 1. The maximum atomic E-state index is 13.9. The molecule has 158 valence electrons. The van der Waals surface area contributed by atoms with Crippen LogP contribution in [0.25, 0.3) is 0 Å². The summed E-state index contributed by atoms with van der Waals surface area (Å²) in [5, 5.41) is 11.3. The molecule has 0 radical (unpaired) electrons. The summed E-state index contributed by atoms with van der Waals surface area (Å²) in [5.41, 5.74) is 3.98. The van der Waals surface area contributed by atoms with E-state index in [0.29, 0.717) is 6.42 Å². The minimum atomic E-state index is -0.602. The Hall–Kier alpha value is -3.80. The van der Waals surface area contributed by atoms with Crippen molar-refractivity contribution in [2.75, 3.05) is 4.90 Å². The standard InChI is InChI=1S/C26H20N2O4/c1-2-26-19-12-5-3-10-17(19)21(18-11-4-6-13-20(18)26)22-23(26)25(30)27(24(22)29)15-8-7-9-16(14-15)28(31)32/h3-14,21-23H,2H2,1H3/t21?,22-,23+,26?/m1/s1. The number of carbonyl (C=O) groups is 2. The molecule has 2 atom stereocenters. The van der Waals surface area contributed by atoms with E-state index >= 15 is 0 Å². The molecule has 1 heterocycles. The quantitative estimate of drug-likeness (QED) is 0.351. The van der Waals surface area contributed by atoms with Gasteiger partial charge in [0.1, 0.15) is 0 Å². The minimum absolute atomic E-state index is 0.141. The molecular weight excluding hydrogens is 404 g/mol. The summed E-state index contributed by atoms with van der Waals surface area (Å²) in [4.78, 5) is 39.8. The van der Waals surface area contributed by atoms with Crippen LogP contribution < -0.4 is 4.90 Å². The third-order valence-electron chi connectivity index (χ3n) is 7.65. The number of benzene rings is 3. The molecule has 1 saturated heterocycles. The van der Waals surface area contributed by atoms with E-state index in [1.54, 1.807) is 6.07 Å². The SMILES string of the molecule is CCC12c3ccccc3C(c3ccccc31)[C@H]1C(=O)N(c3cccc([N+](=O)[O-])c3)C(=O)[C@H]12. The van der Waals surface area contributed by atoms with Crippen LogP contribution in [-0.4, -0.2) is 16.7 Å². The van der Waals surface area contributed by atoms with Gasteiger partial charge >= 0.3 is 0 Å². The lowest BCUT2D eigenvalue weighted by molar-refractivity contribution is -0.384. The number of carbonyl (C=O) groups excluding carboxylic acids is 2. The van der Waals surface area contributed by atoms with E-state index in [4.69, 9.17) is 0 Å². The van der Waals surface area contributed by atoms with Crippen LogP contribution in [0.15, 0.2) is 72.8 Å². The van der Waals surface area contributed by atoms with Crippen LogP contribution in [0.4, 0.5) is 11.4 Å². The Kier molecular flexibility index (Phi) is 3.76. The molecule has 6 nitrogen and oxygen atoms in total. The molecule has 1 fully saturated rings. The van der Waals surface area contributed by atoms with E-state index in [9.17, 15) is 19.7 Å². The molecule has 0 unspecified atom stereocenters. The number of imide groups is 1. The Labute approximate surface area is 184 Å². The number of hydrogen-bond donors (Lipinski definition) is 0. The van der Waals surface area contributed by atoms with Gasteiger partial charge in [-0.25, -0.2) is 4.90 Å². The van der Waals surface area contributed by atoms with Crippen LogP contribution in [0.5, 0.6) is 0 Å². The average Bonchev–Trinajstić information content (AvgIpc) is 3.10. The highest BCUT2D eigenvalue weighted by Gasteiger charge is 2.67. The van der Waals surface area contributed by atoms with E-state index < -0.39 is 22.2 Å². The number of nitrogens with zero attached hydrogens (tertiary/aromatic N) is 2. The van der Waals surface area contributed by atoms with Crippen molar-refractivity contribution in [3.05, 3.63) is 105 Å². The largest absolute Gasteiger partial charge is 0.274 e. The Morgan fingerprint density at radius 3 is 2.12 bits per heavy atom. The Balaban J connectivity index is 1.61. The fourth-order valence-electron chi connectivity index (χ4n) is 6.53. The van der Waals surface area contributed by atoms with Gasteiger partial charge in [-0.2, -0.15) is 0 Å². The molecule has 2 bridgehead atoms. The van der Waals surface area contributed by atoms with E-state index in [0.717, 1.165) is 22.3 Å². The number of amides is 2. The molecule has 4 aliphatic rings. The molecule has 32 heavy (non-hydrogen) atoms. The van der Waals surface area contributed by atoms with E-state index in [1.165, 1.54) is 23.1 Å². The van der Waals surface area contributed by atoms with Gasteiger partial charge < -0.3 is 0 Å². The maximum Gasteiger partial charge on any atom is 0.271 e. The molecule has 7 rings (SSSR count). The van der Waals surface area contributed by atoms with Gasteiger partial charge in [-0.3, -0.25) is 19.7 Å². The number of nitro groups is 1. The predicted octanol–water partition coefficient (Wildman–Crippen LogP) is 4.56. The molecule has 0 aromatic heterocycles. The monoisotopic (exact) mass is 424 g/mol. The second kappa shape index (κ2) is 6.36. The van der Waals surface area contributed by atoms with Crippen LogP contribution in [0.3, 0.4) is 0 Å². The molecular formula is C26H20N2O4. The topological polar surface area (TPSA) is 80.5 Å². The predicted molar refractivity (Wildman–Crippen MR) is 118 cm³/mol. The summed E-state index contributed by atoms with van der Waals surface area (Å²) < 4.78 is 0. The molecule has 3 aliphatic carbocycles. The average molecular weight is 424 g/mol. The molecule has 0 spiro atoms. The highest BCUT2D eigenvalue weighted by Crippen LogP contribution is 2.65. The fourth-order valence-corrected chi connectivity index (χ4v) is 6.53. The molecule has 3 aromatic carbocycles. The summed E-state index contributed by atoms with van der Waals surface area (Å²) in [7, 11) is 0. The lowest BCUT2D eigenvalue weighted by Crippen LogP contribution is -2.53. The third kappa shape index (κ3) is 2.09. The smallest absolute Gasteiger partial charge is 0.271 e. The Bertz CT molecular complexity index is 1280. The van der Waals surface area contributed by atoms with Crippen molar-refractivity contribution in [1.29, 1.82) is 0 Å². The van der Waals surface area contributed by atoms with Gasteiger partial charge in [0.15, 0.2) is 0 Å². The van der Waals surface area contributed by atoms with Crippen LogP contribution in [0, 0.1) is 22.0 Å². The number of rotatable bonds is 3. The molecule has 3 aromatic rings. The second-order valence-electron chi connectivity index (χ2n) is 8.77. The van der Waals surface area contributed by atoms with Gasteiger partial charge in [-0.05, 0) is 34.7 Å². The van der Waals surface area contributed by atoms with Crippen molar-refractivity contribution < 1.29 is 14.5 Å². The minimum Gasteiger partial charge on any atom is -0.274 e. The molecule has 2 amide bonds. The molecule has 0 N–H and O–H groups in total. The van der Waals surface area contributed by atoms with Crippen molar-refractivity contribution in [3.63, 3.8) is 0 Å². The first-order valence-electron chi connectivity index (χ1n) is 10.8. The van der Waals surface area contributed by atoms with Gasteiger partial charge in [0.2, 0.25) is 11.8 Å². The summed E-state index contributed by atoms with van der Waals surface area (Å²) in [6.45, 7) is 2.07. The van der Waals surface area contributed by atoms with Crippen LogP contribution in [-0.2, 0) is 15.0 Å². The van der Waals surface area contributed by atoms with E-state index in [1.807, 2.05) is 24.3 Å². The summed E-state index contributed by atoms with van der Waals surface area (Å²) in [6, 6.07) is 22.1. The first-order chi connectivity index (χ1) is 15.5. The van der Waals surface area contributed by atoms with Crippen LogP contribution >= 0.6 is 0 Å². The van der Waals surface area contributed by atoms with Crippen molar-refractivity contribution in [3.8, 4) is 0 Å². The normalized spacial score (nSPS) is 27.2. The Morgan fingerprint density at radius 2 is 1.53 bits per heavy atom. The second-order valence-corrected chi connectivity index (χ2v) is 8.77. The van der Waals surface area contributed by atoms with Crippen molar-refractivity contribution in [1.82, 2.24) is 0 Å². The van der Waals surface area contributed by atoms with Crippen molar-refractivity contribution >= 4 is 23.2 Å². The van der Waals surface area contributed by atoms with Crippen molar-refractivity contribution in [2.24, 2.45) is 11.8 Å². The van der Waals surface area contributed by atoms with Crippen LogP contribution in [0.1, 0.15) is 41.5 Å². The number of nitro benzene ring substituents is 1. The molecule has 6 heteroatoms. The zero-order valence-electron chi connectivity index (χ0n) is 17.4. The van der Waals surface area contributed by atoms with Gasteiger partial charge in [0, 0.05) is 23.5 Å². The molecule has 1 aliphatic heterocycles. The Morgan fingerprint density at radius 1 is 0.906 bits per heavy atom. The third-order valence-corrected chi connectivity index (χ3v) is 7.65. The van der Waals surface area contributed by atoms with Gasteiger partial charge in [0.25, 0.3) is 5.69 Å². The zero-order valence-corrected chi connectivity index (χ0v) is 17.4. The molecule has 0 saturated carbocycles. The first-order valence-corrected chi connectivity index (χ1v) is 10.8. The summed E-state index contributed by atoms with van der Waals surface area (Å²) >= 11 is 0. The number of anilines is 1. The van der Waals surface area contributed by atoms with E-state index in [2.05, 4.69) is 31.2 Å². The van der Waals surface area contributed by atoms with Gasteiger partial charge in [-0.15, -0.1) is 0 Å². The fraction of sp³-hybridized carbons (Fsp3) is 0.231. The number of hydrogen-bond acceptors (Lipinski definition) is 4. The summed E-state index contributed by atoms with van der Waals surface area (Å²) in [5.74, 6) is -1.80. The van der Waals surface area contributed by atoms with Crippen LogP contribution in [0.2, 0.25) is 0 Å². The zero-order chi connectivity index (χ0) is 22.2. The first kappa shape index (κ1) is 18.9. The highest BCUT2D eigenvalue weighted by atomic mass is 16.6. The summed E-state index contributed by atoms with van der Waals surface area (Å²) in [6.07, 6.45) is 0.677. The lowest BCUT2D eigenvalue weighted by atomic mass is 9.46. The maximum absolute atomic E-state index is 13.9. The van der Waals surface area contributed by atoms with Gasteiger partial charge in [0.05, 0.1) is 22.4 Å². The van der Waals surface area contributed by atoms with Crippen molar-refractivity contribution in [2.45, 2.75) is 24.7 Å².